The predicted octanol–water partition coefficient (Wildman–Crippen LogP) is 5.02. The van der Waals surface area contributed by atoms with E-state index in [0.29, 0.717) is 39.4 Å². The highest BCUT2D eigenvalue weighted by molar-refractivity contribution is 5.95. The van der Waals surface area contributed by atoms with E-state index in [0.717, 1.165) is 12.0 Å². The van der Waals surface area contributed by atoms with E-state index in [4.69, 9.17) is 13.9 Å². The summed E-state index contributed by atoms with van der Waals surface area (Å²) in [4.78, 5) is 13.1. The molecule has 0 atom stereocenters. The van der Waals surface area contributed by atoms with Crippen molar-refractivity contribution < 1.29 is 13.9 Å². The maximum Gasteiger partial charge on any atom is 0.201 e. The van der Waals surface area contributed by atoms with Gasteiger partial charge in [0.05, 0.1) is 25.0 Å². The zero-order chi connectivity index (χ0) is 18.0. The molecule has 2 aromatic carbocycles. The summed E-state index contributed by atoms with van der Waals surface area (Å²) in [6.07, 6.45) is 4.98. The van der Waals surface area contributed by atoms with E-state index in [2.05, 4.69) is 19.9 Å². The van der Waals surface area contributed by atoms with Crippen LogP contribution in [-0.4, -0.2) is 14.2 Å². The summed E-state index contributed by atoms with van der Waals surface area (Å²) in [5.41, 5.74) is 1.78. The lowest BCUT2D eigenvalue weighted by Crippen LogP contribution is -2.04. The second-order valence-corrected chi connectivity index (χ2v) is 6.41. The van der Waals surface area contributed by atoms with Gasteiger partial charge in [-0.1, -0.05) is 26.0 Å². The van der Waals surface area contributed by atoms with Crippen LogP contribution in [0.25, 0.3) is 28.0 Å². The Hall–Kier alpha value is -2.75. The van der Waals surface area contributed by atoms with Crippen LogP contribution in [0.1, 0.15) is 25.8 Å². The lowest BCUT2D eigenvalue weighted by atomic mass is 10.0. The fourth-order valence-electron chi connectivity index (χ4n) is 2.81. The van der Waals surface area contributed by atoms with Gasteiger partial charge >= 0.3 is 0 Å². The molecule has 25 heavy (non-hydrogen) atoms. The molecule has 0 aliphatic heterocycles. The largest absolute Gasteiger partial charge is 0.497 e. The summed E-state index contributed by atoms with van der Waals surface area (Å²) in [6.45, 7) is 4.31. The summed E-state index contributed by atoms with van der Waals surface area (Å²) >= 11 is 0. The zero-order valence-corrected chi connectivity index (χ0v) is 15.0. The van der Waals surface area contributed by atoms with Crippen molar-refractivity contribution in [2.24, 2.45) is 5.92 Å². The van der Waals surface area contributed by atoms with Crippen molar-refractivity contribution in [3.05, 3.63) is 52.2 Å². The van der Waals surface area contributed by atoms with Gasteiger partial charge in [0.15, 0.2) is 0 Å². The van der Waals surface area contributed by atoms with Gasteiger partial charge in [-0.3, -0.25) is 4.79 Å². The molecule has 0 aliphatic rings. The Balaban J connectivity index is 2.30. The molecule has 0 saturated heterocycles. The average Bonchev–Trinajstić information content (AvgIpc) is 2.60. The van der Waals surface area contributed by atoms with Gasteiger partial charge < -0.3 is 13.9 Å². The number of fused-ring (bicyclic) bond motifs is 2. The third kappa shape index (κ3) is 3.38. The molecule has 3 rings (SSSR count). The van der Waals surface area contributed by atoms with Gasteiger partial charge in [-0.25, -0.2) is 0 Å². The van der Waals surface area contributed by atoms with E-state index in [1.165, 1.54) is 0 Å². The highest BCUT2D eigenvalue weighted by atomic mass is 16.5. The van der Waals surface area contributed by atoms with E-state index in [9.17, 15) is 4.79 Å². The van der Waals surface area contributed by atoms with Crippen molar-refractivity contribution in [1.29, 1.82) is 0 Å². The Morgan fingerprint density at radius 3 is 2.48 bits per heavy atom. The van der Waals surface area contributed by atoms with Gasteiger partial charge in [0, 0.05) is 6.07 Å². The van der Waals surface area contributed by atoms with Crippen LogP contribution in [0.15, 0.2) is 45.6 Å². The first-order valence-corrected chi connectivity index (χ1v) is 8.32. The number of hydrogen-bond acceptors (Lipinski definition) is 4. The molecule has 0 fully saturated rings. The first kappa shape index (κ1) is 17.1. The van der Waals surface area contributed by atoms with Crippen molar-refractivity contribution >= 4 is 28.0 Å². The molecule has 3 aromatic rings. The Morgan fingerprint density at radius 1 is 1.04 bits per heavy atom. The smallest absolute Gasteiger partial charge is 0.201 e. The average molecular weight is 338 g/mol. The monoisotopic (exact) mass is 338 g/mol. The van der Waals surface area contributed by atoms with Gasteiger partial charge in [-0.15, -0.1) is 0 Å². The first-order valence-electron chi connectivity index (χ1n) is 8.32. The number of rotatable bonds is 5. The fraction of sp³-hybridized carbons (Fsp3) is 0.286. The lowest BCUT2D eigenvalue weighted by Gasteiger charge is -2.08. The second-order valence-electron chi connectivity index (χ2n) is 6.41. The van der Waals surface area contributed by atoms with Crippen molar-refractivity contribution in [2.75, 3.05) is 14.2 Å². The Labute approximate surface area is 146 Å². The minimum absolute atomic E-state index is 0.0676. The van der Waals surface area contributed by atoms with Crippen molar-refractivity contribution in [3.8, 4) is 11.5 Å². The summed E-state index contributed by atoms with van der Waals surface area (Å²) in [7, 11) is 3.18. The highest BCUT2D eigenvalue weighted by Gasteiger charge is 2.13. The third-order valence-electron chi connectivity index (χ3n) is 4.13. The topological polar surface area (TPSA) is 48.7 Å². The van der Waals surface area contributed by atoms with Gasteiger partial charge in [-0.05, 0) is 42.2 Å². The van der Waals surface area contributed by atoms with E-state index in [-0.39, 0.29) is 5.43 Å². The quantitative estimate of drug-likeness (QED) is 0.613. The molecule has 0 radical (unpaired) electrons. The summed E-state index contributed by atoms with van der Waals surface area (Å²) in [6, 6.07) is 8.86. The summed E-state index contributed by atoms with van der Waals surface area (Å²) < 4.78 is 16.6. The maximum atomic E-state index is 13.1. The molecule has 0 amide bonds. The summed E-state index contributed by atoms with van der Waals surface area (Å²) in [5, 5.41) is 1.07. The molecule has 4 heteroatoms. The maximum absolute atomic E-state index is 13.1. The van der Waals surface area contributed by atoms with Crippen LogP contribution in [0.5, 0.6) is 11.5 Å². The van der Waals surface area contributed by atoms with Crippen LogP contribution < -0.4 is 14.9 Å². The van der Waals surface area contributed by atoms with E-state index >= 15 is 0 Å². The normalized spacial score (nSPS) is 11.7. The van der Waals surface area contributed by atoms with Gasteiger partial charge in [0.25, 0.3) is 0 Å². The lowest BCUT2D eigenvalue weighted by molar-refractivity contribution is 0.414. The molecule has 0 spiro atoms. The number of allylic oxidation sites excluding steroid dienone is 1. The van der Waals surface area contributed by atoms with Crippen molar-refractivity contribution in [3.63, 3.8) is 0 Å². The van der Waals surface area contributed by atoms with Crippen LogP contribution in [0, 0.1) is 5.92 Å². The van der Waals surface area contributed by atoms with Crippen LogP contribution in [-0.2, 0) is 0 Å². The molecule has 1 aromatic heterocycles. The molecule has 0 unspecified atom stereocenters. The predicted molar refractivity (Wildman–Crippen MR) is 102 cm³/mol. The molecule has 0 aliphatic carbocycles. The molecule has 0 saturated carbocycles. The molecule has 130 valence electrons. The number of hydrogen-bond donors (Lipinski definition) is 0. The van der Waals surface area contributed by atoms with Crippen LogP contribution in [0.2, 0.25) is 0 Å². The highest BCUT2D eigenvalue weighted by Crippen LogP contribution is 2.29. The SMILES string of the molecule is COc1cc(C=CCC(C)C)c2c(=O)c3cc(OC)ccc3oc2c1. The van der Waals surface area contributed by atoms with E-state index in [1.807, 2.05) is 12.1 Å². The number of benzene rings is 2. The minimum Gasteiger partial charge on any atom is -0.497 e. The Bertz CT molecular complexity index is 996. The molecule has 4 nitrogen and oxygen atoms in total. The van der Waals surface area contributed by atoms with Crippen LogP contribution in [0.4, 0.5) is 0 Å². The summed E-state index contributed by atoms with van der Waals surface area (Å²) in [5.74, 6) is 1.84. The second kappa shape index (κ2) is 7.01. The van der Waals surface area contributed by atoms with E-state index < -0.39 is 0 Å². The van der Waals surface area contributed by atoms with Crippen molar-refractivity contribution in [1.82, 2.24) is 0 Å². The standard InChI is InChI=1S/C21H22O4/c1-13(2)6-5-7-14-10-16(24-4)12-19-20(14)21(22)17-11-15(23-3)8-9-18(17)25-19/h5,7-13H,6H2,1-4H3. The van der Waals surface area contributed by atoms with Crippen LogP contribution >= 0.6 is 0 Å². The zero-order valence-electron chi connectivity index (χ0n) is 15.0. The molecule has 0 N–H and O–H groups in total. The Morgan fingerprint density at radius 2 is 1.80 bits per heavy atom. The van der Waals surface area contributed by atoms with Crippen molar-refractivity contribution in [2.45, 2.75) is 20.3 Å². The number of ether oxygens (including phenoxy) is 2. The van der Waals surface area contributed by atoms with E-state index in [1.54, 1.807) is 38.5 Å². The Kier molecular flexibility index (Phi) is 4.79. The molecule has 1 heterocycles. The van der Waals surface area contributed by atoms with Gasteiger partial charge in [0.1, 0.15) is 22.7 Å². The van der Waals surface area contributed by atoms with Gasteiger partial charge in [-0.2, -0.15) is 0 Å². The number of methoxy groups -OCH3 is 2. The molecule has 0 bridgehead atoms. The fourth-order valence-corrected chi connectivity index (χ4v) is 2.81. The first-order chi connectivity index (χ1) is 12.0. The third-order valence-corrected chi connectivity index (χ3v) is 4.13. The minimum atomic E-state index is -0.0676. The van der Waals surface area contributed by atoms with Gasteiger partial charge in [0.2, 0.25) is 5.43 Å². The molecular formula is C21H22O4. The molecular weight excluding hydrogens is 316 g/mol. The van der Waals surface area contributed by atoms with Crippen LogP contribution in [0.3, 0.4) is 0 Å².